The summed E-state index contributed by atoms with van der Waals surface area (Å²) < 4.78 is 1.01. The van der Waals surface area contributed by atoms with Gasteiger partial charge in [-0.1, -0.05) is 33.8 Å². The van der Waals surface area contributed by atoms with E-state index in [0.717, 1.165) is 15.7 Å². The van der Waals surface area contributed by atoms with Gasteiger partial charge in [0.05, 0.1) is 0 Å². The van der Waals surface area contributed by atoms with Crippen LogP contribution in [0.25, 0.3) is 0 Å². The Morgan fingerprint density at radius 3 is 2.63 bits per heavy atom. The zero-order valence-electron chi connectivity index (χ0n) is 10.6. The number of nitrogens with zero attached hydrogens (tertiary/aromatic N) is 2. The molecular weight excluding hydrogens is 326 g/mol. The van der Waals surface area contributed by atoms with E-state index in [4.69, 9.17) is 5.84 Å². The molecule has 0 aliphatic heterocycles. The molecule has 0 atom stereocenters. The van der Waals surface area contributed by atoms with Gasteiger partial charge in [-0.3, -0.25) is 0 Å². The molecule has 2 rings (SSSR count). The van der Waals surface area contributed by atoms with Gasteiger partial charge >= 0.3 is 0 Å². The van der Waals surface area contributed by atoms with Gasteiger partial charge in [0.2, 0.25) is 0 Å². The predicted molar refractivity (Wildman–Crippen MR) is 83.8 cm³/mol. The molecule has 0 radical (unpaired) electrons. The van der Waals surface area contributed by atoms with E-state index >= 15 is 0 Å². The van der Waals surface area contributed by atoms with Crippen molar-refractivity contribution in [1.29, 1.82) is 0 Å². The van der Waals surface area contributed by atoms with E-state index in [9.17, 15) is 0 Å². The number of rotatable bonds is 4. The van der Waals surface area contributed by atoms with E-state index in [1.807, 2.05) is 31.4 Å². The summed E-state index contributed by atoms with van der Waals surface area (Å²) in [6.07, 6.45) is 1.92. The van der Waals surface area contributed by atoms with Gasteiger partial charge in [-0.05, 0) is 30.9 Å². The first kappa shape index (κ1) is 14.1. The lowest BCUT2D eigenvalue weighted by Crippen LogP contribution is -2.10. The Hall–Kier alpha value is -1.31. The summed E-state index contributed by atoms with van der Waals surface area (Å²) in [5.41, 5.74) is 4.66. The fraction of sp³-hybridized carbons (Fsp3) is 0.167. The summed E-state index contributed by atoms with van der Waals surface area (Å²) in [4.78, 5) is 8.61. The highest BCUT2D eigenvalue weighted by atomic mass is 79.9. The number of hydrogen-bond donors (Lipinski definition) is 3. The van der Waals surface area contributed by atoms with Crippen LogP contribution in [0, 0.1) is 6.92 Å². The van der Waals surface area contributed by atoms with Crippen LogP contribution >= 0.6 is 27.7 Å². The van der Waals surface area contributed by atoms with Crippen LogP contribution in [0.1, 0.15) is 5.56 Å². The number of benzene rings is 1. The van der Waals surface area contributed by atoms with Gasteiger partial charge in [0.25, 0.3) is 0 Å². The minimum absolute atomic E-state index is 0.578. The molecule has 4 N–H and O–H groups in total. The number of anilines is 3. The minimum atomic E-state index is 0.578. The Labute approximate surface area is 124 Å². The number of nitrogen functional groups attached to an aromatic ring is 1. The summed E-state index contributed by atoms with van der Waals surface area (Å²) in [6, 6.07) is 7.80. The molecule has 0 saturated carbocycles. The molecule has 0 aliphatic carbocycles. The van der Waals surface area contributed by atoms with Gasteiger partial charge in [-0.15, -0.1) is 0 Å². The maximum atomic E-state index is 5.40. The number of aromatic nitrogens is 2. The molecule has 100 valence electrons. The summed E-state index contributed by atoms with van der Waals surface area (Å²) in [6.45, 7) is 2.04. The Kier molecular flexibility index (Phi) is 4.62. The summed E-state index contributed by atoms with van der Waals surface area (Å²) in [5, 5.41) is 3.93. The second-order valence-electron chi connectivity index (χ2n) is 3.85. The number of halogens is 1. The van der Waals surface area contributed by atoms with Crippen molar-refractivity contribution in [2.45, 2.75) is 12.1 Å². The average molecular weight is 340 g/mol. The second-order valence-corrected chi connectivity index (χ2v) is 5.54. The first-order valence-corrected chi connectivity index (χ1v) is 7.57. The lowest BCUT2D eigenvalue weighted by Gasteiger charge is -2.11. The van der Waals surface area contributed by atoms with Crippen LogP contribution in [0.15, 0.2) is 33.9 Å². The third-order valence-corrected chi connectivity index (χ3v) is 3.54. The summed E-state index contributed by atoms with van der Waals surface area (Å²) in [7, 11) is 0. The molecule has 1 heterocycles. The van der Waals surface area contributed by atoms with Crippen LogP contribution in [0.5, 0.6) is 0 Å². The van der Waals surface area contributed by atoms with Gasteiger partial charge in [0, 0.05) is 16.2 Å². The van der Waals surface area contributed by atoms with Gasteiger partial charge < -0.3 is 10.7 Å². The van der Waals surface area contributed by atoms with E-state index in [1.165, 1.54) is 11.8 Å². The molecule has 2 aromatic rings. The SMILES string of the molecule is CSc1nc(NN)cc(Nc2cc(Br)ccc2C)n1. The highest BCUT2D eigenvalue weighted by Crippen LogP contribution is 2.25. The molecule has 0 saturated heterocycles. The van der Waals surface area contributed by atoms with Crippen molar-refractivity contribution in [3.63, 3.8) is 0 Å². The molecule has 0 unspecified atom stereocenters. The van der Waals surface area contributed by atoms with E-state index in [-0.39, 0.29) is 0 Å². The fourth-order valence-electron chi connectivity index (χ4n) is 1.52. The topological polar surface area (TPSA) is 75.9 Å². The van der Waals surface area contributed by atoms with Crippen LogP contribution in [-0.4, -0.2) is 16.2 Å². The highest BCUT2D eigenvalue weighted by Gasteiger charge is 2.05. The molecule has 1 aromatic carbocycles. The minimum Gasteiger partial charge on any atom is -0.340 e. The molecule has 5 nitrogen and oxygen atoms in total. The van der Waals surface area contributed by atoms with Crippen LogP contribution < -0.4 is 16.6 Å². The second kappa shape index (κ2) is 6.23. The zero-order chi connectivity index (χ0) is 13.8. The number of thioether (sulfide) groups is 1. The Morgan fingerprint density at radius 1 is 1.21 bits per heavy atom. The van der Waals surface area contributed by atoms with Crippen molar-refractivity contribution in [2.24, 2.45) is 5.84 Å². The maximum Gasteiger partial charge on any atom is 0.191 e. The molecule has 19 heavy (non-hydrogen) atoms. The quantitative estimate of drug-likeness (QED) is 0.343. The number of nitrogens with two attached hydrogens (primary N) is 1. The molecule has 1 aromatic heterocycles. The summed E-state index contributed by atoms with van der Waals surface area (Å²) >= 11 is 4.92. The average Bonchev–Trinajstić information content (AvgIpc) is 2.42. The Balaban J connectivity index is 2.34. The molecule has 0 bridgehead atoms. The third-order valence-electron chi connectivity index (χ3n) is 2.50. The number of aryl methyl sites for hydroxylation is 1. The molecule has 0 spiro atoms. The van der Waals surface area contributed by atoms with Crippen molar-refractivity contribution in [2.75, 3.05) is 17.0 Å². The van der Waals surface area contributed by atoms with Crippen molar-refractivity contribution in [3.05, 3.63) is 34.3 Å². The lowest BCUT2D eigenvalue weighted by atomic mass is 10.2. The van der Waals surface area contributed by atoms with Gasteiger partial charge in [0.1, 0.15) is 11.6 Å². The smallest absolute Gasteiger partial charge is 0.191 e. The van der Waals surface area contributed by atoms with Crippen molar-refractivity contribution >= 4 is 45.0 Å². The highest BCUT2D eigenvalue weighted by molar-refractivity contribution is 9.10. The zero-order valence-corrected chi connectivity index (χ0v) is 13.0. The molecule has 7 heteroatoms. The van der Waals surface area contributed by atoms with E-state index in [2.05, 4.69) is 36.6 Å². The largest absolute Gasteiger partial charge is 0.340 e. The molecule has 0 amide bonds. The van der Waals surface area contributed by atoms with Crippen LogP contribution in [0.3, 0.4) is 0 Å². The predicted octanol–water partition coefficient (Wildman–Crippen LogP) is 3.30. The Bertz CT molecular complexity index is 568. The van der Waals surface area contributed by atoms with E-state index in [1.54, 1.807) is 6.07 Å². The molecule has 0 fully saturated rings. The van der Waals surface area contributed by atoms with E-state index < -0.39 is 0 Å². The standard InChI is InChI=1S/C12H14BrN5S/c1-7-3-4-8(13)5-9(7)15-10-6-11(18-14)17-12(16-10)19-2/h3-6H,14H2,1-2H3,(H2,15,16,17,18). The lowest BCUT2D eigenvalue weighted by molar-refractivity contribution is 0.971. The number of hydrazine groups is 1. The van der Waals surface area contributed by atoms with Crippen LogP contribution in [0.2, 0.25) is 0 Å². The first-order chi connectivity index (χ1) is 9.12. The van der Waals surface area contributed by atoms with Gasteiger partial charge in [-0.25, -0.2) is 15.8 Å². The Morgan fingerprint density at radius 2 is 1.95 bits per heavy atom. The van der Waals surface area contributed by atoms with Crippen molar-refractivity contribution in [1.82, 2.24) is 9.97 Å². The first-order valence-electron chi connectivity index (χ1n) is 5.55. The maximum absolute atomic E-state index is 5.40. The fourth-order valence-corrected chi connectivity index (χ4v) is 2.26. The summed E-state index contributed by atoms with van der Waals surface area (Å²) in [5.74, 6) is 6.69. The van der Waals surface area contributed by atoms with Crippen molar-refractivity contribution < 1.29 is 0 Å². The monoisotopic (exact) mass is 339 g/mol. The van der Waals surface area contributed by atoms with Gasteiger partial charge in [0.15, 0.2) is 5.16 Å². The number of hydrogen-bond acceptors (Lipinski definition) is 6. The van der Waals surface area contributed by atoms with Crippen molar-refractivity contribution in [3.8, 4) is 0 Å². The van der Waals surface area contributed by atoms with Crippen LogP contribution in [0.4, 0.5) is 17.3 Å². The number of nitrogens with one attached hydrogen (secondary N) is 2. The third kappa shape index (κ3) is 3.59. The van der Waals surface area contributed by atoms with Gasteiger partial charge in [-0.2, -0.15) is 0 Å². The normalized spacial score (nSPS) is 10.3. The van der Waals surface area contributed by atoms with E-state index in [0.29, 0.717) is 16.8 Å². The van der Waals surface area contributed by atoms with Crippen LogP contribution in [-0.2, 0) is 0 Å². The molecule has 0 aliphatic rings. The molecular formula is C12H14BrN5S.